The van der Waals surface area contributed by atoms with Gasteiger partial charge >= 0.3 is 0 Å². The fourth-order valence-electron chi connectivity index (χ4n) is 0.873. The van der Waals surface area contributed by atoms with Gasteiger partial charge in [-0.1, -0.05) is 30.6 Å². The monoisotopic (exact) mass is 134 g/mol. The molecule has 50 valence electrons. The fraction of sp³-hybridized carbons (Fsp3) is 0.250. The van der Waals surface area contributed by atoms with E-state index in [1.54, 1.807) is 18.2 Å². The molecule has 0 fully saturated rings. The predicted molar refractivity (Wildman–Crippen MR) is 41.2 cm³/mol. The van der Waals surface area contributed by atoms with Crippen LogP contribution < -0.4 is 5.46 Å². The van der Waals surface area contributed by atoms with E-state index in [1.165, 1.54) is 0 Å². The average molecular weight is 134 g/mol. The summed E-state index contributed by atoms with van der Waals surface area (Å²) in [7, 11) is 5.32. The van der Waals surface area contributed by atoms with E-state index in [0.717, 1.165) is 0 Å². The van der Waals surface area contributed by atoms with Crippen molar-refractivity contribution in [3.63, 3.8) is 0 Å². The van der Waals surface area contributed by atoms with Crippen molar-refractivity contribution in [1.82, 2.24) is 0 Å². The van der Waals surface area contributed by atoms with Gasteiger partial charge in [-0.25, -0.2) is 4.39 Å². The Labute approximate surface area is 61.5 Å². The molecule has 0 bridgehead atoms. The molecule has 1 aromatic rings. The summed E-state index contributed by atoms with van der Waals surface area (Å²) in [4.78, 5) is 0. The zero-order chi connectivity index (χ0) is 7.56. The van der Waals surface area contributed by atoms with Crippen LogP contribution in [0.15, 0.2) is 18.2 Å². The number of hydrogen-bond acceptors (Lipinski definition) is 0. The smallest absolute Gasteiger partial charge is 0.119 e. The van der Waals surface area contributed by atoms with Crippen LogP contribution in [0.5, 0.6) is 0 Å². The van der Waals surface area contributed by atoms with E-state index in [9.17, 15) is 4.39 Å². The lowest BCUT2D eigenvalue weighted by Gasteiger charge is -2.00. The Morgan fingerprint density at radius 2 is 2.20 bits per heavy atom. The van der Waals surface area contributed by atoms with Gasteiger partial charge in [-0.15, -0.1) is 0 Å². The molecule has 0 aromatic heterocycles. The van der Waals surface area contributed by atoms with Gasteiger partial charge in [0.2, 0.25) is 0 Å². The van der Waals surface area contributed by atoms with Crippen molar-refractivity contribution in [2.45, 2.75) is 13.3 Å². The Morgan fingerprint density at radius 1 is 1.50 bits per heavy atom. The Balaban J connectivity index is 3.14. The van der Waals surface area contributed by atoms with Gasteiger partial charge < -0.3 is 0 Å². The molecule has 2 heteroatoms. The molecule has 10 heavy (non-hydrogen) atoms. The van der Waals surface area contributed by atoms with E-state index in [-0.39, 0.29) is 11.3 Å². The van der Waals surface area contributed by atoms with E-state index in [1.807, 2.05) is 6.92 Å². The third kappa shape index (κ3) is 1.20. The van der Waals surface area contributed by atoms with E-state index in [2.05, 4.69) is 0 Å². The van der Waals surface area contributed by atoms with Gasteiger partial charge in [-0.3, -0.25) is 0 Å². The van der Waals surface area contributed by atoms with Crippen LogP contribution in [0.25, 0.3) is 0 Å². The molecule has 0 aliphatic rings. The first-order chi connectivity index (χ1) is 4.75. The molecule has 0 aliphatic heterocycles. The molecule has 1 aromatic carbocycles. The second kappa shape index (κ2) is 2.87. The predicted octanol–water partition coefficient (Wildman–Crippen LogP) is 1.18. The highest BCUT2D eigenvalue weighted by Crippen LogP contribution is 2.03. The number of aryl methyl sites for hydroxylation is 1. The van der Waals surface area contributed by atoms with Crippen molar-refractivity contribution in [2.24, 2.45) is 0 Å². The Kier molecular flexibility index (Phi) is 2.10. The van der Waals surface area contributed by atoms with E-state index in [0.29, 0.717) is 12.0 Å². The average Bonchev–Trinajstić information content (AvgIpc) is 1.95. The van der Waals surface area contributed by atoms with Gasteiger partial charge in [0, 0.05) is 0 Å². The van der Waals surface area contributed by atoms with Crippen LogP contribution in [-0.2, 0) is 6.42 Å². The quantitative estimate of drug-likeness (QED) is 0.506. The minimum Gasteiger partial charge on any atom is -0.207 e. The summed E-state index contributed by atoms with van der Waals surface area (Å²) < 4.78 is 12.9. The Morgan fingerprint density at radius 3 is 2.70 bits per heavy atom. The van der Waals surface area contributed by atoms with Gasteiger partial charge in [0.25, 0.3) is 0 Å². The van der Waals surface area contributed by atoms with Crippen LogP contribution in [-0.4, -0.2) is 7.85 Å². The van der Waals surface area contributed by atoms with Gasteiger partial charge in [0.05, 0.1) is 0 Å². The standard InChI is InChI=1S/C8H8BF/c1-2-6-4-3-5-7(9)8(6)10/h3-5H,2H2,1H3. The van der Waals surface area contributed by atoms with Gasteiger partial charge in [0.15, 0.2) is 0 Å². The van der Waals surface area contributed by atoms with Crippen LogP contribution in [0.4, 0.5) is 4.39 Å². The topological polar surface area (TPSA) is 0 Å². The normalized spacial score (nSPS) is 9.80. The van der Waals surface area contributed by atoms with Crippen molar-refractivity contribution in [1.29, 1.82) is 0 Å². The summed E-state index contributed by atoms with van der Waals surface area (Å²) in [6.07, 6.45) is 0.691. The van der Waals surface area contributed by atoms with Crippen LogP contribution >= 0.6 is 0 Å². The molecule has 1 rings (SSSR count). The molecule has 0 heterocycles. The van der Waals surface area contributed by atoms with Crippen LogP contribution in [0, 0.1) is 5.82 Å². The summed E-state index contributed by atoms with van der Waals surface area (Å²) >= 11 is 0. The zero-order valence-electron chi connectivity index (χ0n) is 5.89. The molecule has 0 nitrogen and oxygen atoms in total. The van der Waals surface area contributed by atoms with Crippen molar-refractivity contribution >= 4 is 13.3 Å². The van der Waals surface area contributed by atoms with Gasteiger partial charge in [-0.05, 0) is 12.0 Å². The maximum atomic E-state index is 12.9. The first kappa shape index (κ1) is 7.32. The molecule has 0 atom stereocenters. The lowest BCUT2D eigenvalue weighted by atomic mass is 9.93. The minimum absolute atomic E-state index is 0.236. The highest BCUT2D eigenvalue weighted by atomic mass is 19.1. The molecule has 0 aliphatic carbocycles. The highest BCUT2D eigenvalue weighted by molar-refractivity contribution is 6.32. The molecular weight excluding hydrogens is 126 g/mol. The summed E-state index contributed by atoms with van der Waals surface area (Å²) in [5, 5.41) is 0. The number of halogens is 1. The van der Waals surface area contributed by atoms with E-state index < -0.39 is 0 Å². The molecule has 0 spiro atoms. The summed E-state index contributed by atoms with van der Waals surface area (Å²) in [5.74, 6) is -0.273. The van der Waals surface area contributed by atoms with E-state index >= 15 is 0 Å². The maximum absolute atomic E-state index is 12.9. The Hall–Kier alpha value is -0.785. The molecular formula is C8H8BF. The summed E-state index contributed by atoms with van der Waals surface area (Å²) in [6, 6.07) is 5.07. The molecule has 0 unspecified atom stereocenters. The van der Waals surface area contributed by atoms with Gasteiger partial charge in [0.1, 0.15) is 13.7 Å². The molecule has 2 radical (unpaired) electrons. The van der Waals surface area contributed by atoms with Crippen LogP contribution in [0.1, 0.15) is 12.5 Å². The number of rotatable bonds is 1. The van der Waals surface area contributed by atoms with Crippen LogP contribution in [0.2, 0.25) is 0 Å². The van der Waals surface area contributed by atoms with Crippen LogP contribution in [0.3, 0.4) is 0 Å². The first-order valence-corrected chi connectivity index (χ1v) is 3.28. The number of hydrogen-bond donors (Lipinski definition) is 0. The Bertz CT molecular complexity index is 233. The minimum atomic E-state index is -0.273. The number of benzene rings is 1. The molecule has 0 amide bonds. The highest BCUT2D eigenvalue weighted by Gasteiger charge is 1.99. The maximum Gasteiger partial charge on any atom is 0.119 e. The zero-order valence-corrected chi connectivity index (χ0v) is 5.89. The SMILES string of the molecule is [B]c1cccc(CC)c1F. The molecule has 0 N–H and O–H groups in total. The summed E-state index contributed by atoms with van der Waals surface area (Å²) in [6.45, 7) is 1.90. The lowest BCUT2D eigenvalue weighted by molar-refractivity contribution is 0.620. The van der Waals surface area contributed by atoms with Crippen molar-refractivity contribution in [3.8, 4) is 0 Å². The van der Waals surface area contributed by atoms with Crippen molar-refractivity contribution in [2.75, 3.05) is 0 Å². The lowest BCUT2D eigenvalue weighted by Crippen LogP contribution is -2.10. The van der Waals surface area contributed by atoms with E-state index in [4.69, 9.17) is 7.85 Å². The fourth-order valence-corrected chi connectivity index (χ4v) is 0.873. The molecule has 0 saturated carbocycles. The first-order valence-electron chi connectivity index (χ1n) is 3.28. The third-order valence-corrected chi connectivity index (χ3v) is 1.49. The summed E-state index contributed by atoms with van der Waals surface area (Å²) in [5.41, 5.74) is 0.916. The van der Waals surface area contributed by atoms with Crippen molar-refractivity contribution < 1.29 is 4.39 Å². The second-order valence-electron chi connectivity index (χ2n) is 2.17. The molecule has 0 saturated heterocycles. The van der Waals surface area contributed by atoms with Crippen molar-refractivity contribution in [3.05, 3.63) is 29.6 Å². The van der Waals surface area contributed by atoms with Gasteiger partial charge in [-0.2, -0.15) is 0 Å². The third-order valence-electron chi connectivity index (χ3n) is 1.49. The second-order valence-corrected chi connectivity index (χ2v) is 2.17. The largest absolute Gasteiger partial charge is 0.207 e.